The smallest absolute Gasteiger partial charge is 0.335 e. The Morgan fingerprint density at radius 2 is 1.74 bits per heavy atom. The number of hydrogen-bond acceptors (Lipinski definition) is 6. The van der Waals surface area contributed by atoms with E-state index in [4.69, 9.17) is 21.4 Å². The van der Waals surface area contributed by atoms with Gasteiger partial charge in [-0.25, -0.2) is 9.59 Å². The summed E-state index contributed by atoms with van der Waals surface area (Å²) in [7, 11) is 0. The van der Waals surface area contributed by atoms with Crippen LogP contribution >= 0.6 is 12.2 Å². The molecule has 0 saturated carbocycles. The van der Waals surface area contributed by atoms with E-state index in [1.54, 1.807) is 18.3 Å². The SMILES string of the molecule is CCOc1ccc(N2C(=S)N[C@@H](c3ccccn3)[C@H]2c2ccc(-c3cc(C(=O)O)cc(C(=O)O)c3)o2)cc1. The minimum atomic E-state index is -1.23. The van der Waals surface area contributed by atoms with Crippen molar-refractivity contribution in [1.29, 1.82) is 0 Å². The molecule has 5 rings (SSSR count). The van der Waals surface area contributed by atoms with E-state index in [0.717, 1.165) is 23.2 Å². The minimum Gasteiger partial charge on any atom is -0.494 e. The van der Waals surface area contributed by atoms with Crippen molar-refractivity contribution in [1.82, 2.24) is 10.3 Å². The summed E-state index contributed by atoms with van der Waals surface area (Å²) in [5.74, 6) is -0.865. The Morgan fingerprint density at radius 3 is 2.34 bits per heavy atom. The number of carboxylic acids is 2. The van der Waals surface area contributed by atoms with Crippen molar-refractivity contribution in [2.45, 2.75) is 19.0 Å². The molecule has 1 saturated heterocycles. The van der Waals surface area contributed by atoms with Crippen molar-refractivity contribution in [2.75, 3.05) is 11.5 Å². The first-order valence-corrected chi connectivity index (χ1v) is 12.2. The Hall–Kier alpha value is -4.70. The topological polar surface area (TPSA) is 125 Å². The number of nitrogens with zero attached hydrogens (tertiary/aromatic N) is 2. The molecule has 2 atom stereocenters. The molecule has 1 aliphatic rings. The predicted molar refractivity (Wildman–Crippen MR) is 144 cm³/mol. The molecule has 3 heterocycles. The third-order valence-electron chi connectivity index (χ3n) is 6.15. The van der Waals surface area contributed by atoms with Gasteiger partial charge in [0.05, 0.1) is 29.5 Å². The Labute approximate surface area is 223 Å². The number of carbonyl (C=O) groups is 2. The van der Waals surface area contributed by atoms with Gasteiger partial charge in [-0.15, -0.1) is 0 Å². The number of aromatic nitrogens is 1. The summed E-state index contributed by atoms with van der Waals surface area (Å²) in [4.78, 5) is 29.7. The second-order valence-electron chi connectivity index (χ2n) is 8.53. The molecule has 2 aromatic heterocycles. The monoisotopic (exact) mass is 529 g/mol. The normalized spacial score (nSPS) is 16.8. The summed E-state index contributed by atoms with van der Waals surface area (Å²) >= 11 is 5.74. The third-order valence-corrected chi connectivity index (χ3v) is 6.47. The van der Waals surface area contributed by atoms with Gasteiger partial charge in [0.25, 0.3) is 0 Å². The number of hydrogen-bond donors (Lipinski definition) is 3. The van der Waals surface area contributed by atoms with Crippen LogP contribution in [0.4, 0.5) is 5.69 Å². The number of benzene rings is 2. The number of nitrogens with one attached hydrogen (secondary N) is 1. The van der Waals surface area contributed by atoms with E-state index in [0.29, 0.717) is 28.8 Å². The molecule has 2 aromatic carbocycles. The van der Waals surface area contributed by atoms with E-state index in [1.165, 1.54) is 12.1 Å². The maximum absolute atomic E-state index is 11.6. The van der Waals surface area contributed by atoms with Crippen molar-refractivity contribution >= 4 is 35.0 Å². The molecular weight excluding hydrogens is 506 g/mol. The van der Waals surface area contributed by atoms with E-state index < -0.39 is 18.0 Å². The lowest BCUT2D eigenvalue weighted by atomic mass is 10.0. The van der Waals surface area contributed by atoms with Gasteiger partial charge in [-0.2, -0.15) is 0 Å². The van der Waals surface area contributed by atoms with Crippen LogP contribution in [0.5, 0.6) is 5.75 Å². The van der Waals surface area contributed by atoms with E-state index in [-0.39, 0.29) is 17.2 Å². The number of anilines is 1. The third kappa shape index (κ3) is 4.81. The molecule has 0 unspecified atom stereocenters. The maximum Gasteiger partial charge on any atom is 0.335 e. The van der Waals surface area contributed by atoms with E-state index in [2.05, 4.69) is 10.3 Å². The predicted octanol–water partition coefficient (Wildman–Crippen LogP) is 5.31. The molecule has 4 aromatic rings. The van der Waals surface area contributed by atoms with E-state index >= 15 is 0 Å². The largest absolute Gasteiger partial charge is 0.494 e. The second-order valence-corrected chi connectivity index (χ2v) is 8.92. The Kier molecular flexibility index (Phi) is 6.80. The molecule has 1 aliphatic heterocycles. The highest BCUT2D eigenvalue weighted by Gasteiger charge is 2.42. The van der Waals surface area contributed by atoms with Crippen LogP contribution in [0.15, 0.2) is 83.4 Å². The lowest BCUT2D eigenvalue weighted by Crippen LogP contribution is -2.29. The van der Waals surface area contributed by atoms with Crippen molar-refractivity contribution < 1.29 is 29.0 Å². The summed E-state index contributed by atoms with van der Waals surface area (Å²) < 4.78 is 11.8. The Bertz CT molecular complexity index is 1470. The minimum absolute atomic E-state index is 0.149. The highest BCUT2D eigenvalue weighted by Crippen LogP contribution is 2.43. The van der Waals surface area contributed by atoms with Crippen LogP contribution in [0.2, 0.25) is 0 Å². The van der Waals surface area contributed by atoms with Gasteiger partial charge < -0.3 is 29.6 Å². The fraction of sp³-hybridized carbons (Fsp3) is 0.143. The molecule has 9 nitrogen and oxygen atoms in total. The van der Waals surface area contributed by atoms with Crippen LogP contribution in [0.1, 0.15) is 51.2 Å². The van der Waals surface area contributed by atoms with Crippen LogP contribution in [0.25, 0.3) is 11.3 Å². The number of rotatable bonds is 8. The van der Waals surface area contributed by atoms with Crippen molar-refractivity contribution in [3.8, 4) is 17.1 Å². The van der Waals surface area contributed by atoms with Gasteiger partial charge in [-0.3, -0.25) is 4.98 Å². The summed E-state index contributed by atoms with van der Waals surface area (Å²) in [5.41, 5.74) is 1.61. The van der Waals surface area contributed by atoms with Gasteiger partial charge in [0.2, 0.25) is 0 Å². The van der Waals surface area contributed by atoms with Crippen LogP contribution < -0.4 is 15.0 Å². The van der Waals surface area contributed by atoms with Gasteiger partial charge >= 0.3 is 11.9 Å². The van der Waals surface area contributed by atoms with E-state index in [1.807, 2.05) is 54.3 Å². The van der Waals surface area contributed by atoms with Crippen LogP contribution in [-0.4, -0.2) is 38.9 Å². The number of pyridine rings is 1. The Morgan fingerprint density at radius 1 is 1.03 bits per heavy atom. The standard InChI is InChI=1S/C28H23N3O6S/c1-2-36-20-8-6-19(7-9-20)31-25(24(30-28(31)38)21-5-3-4-12-29-21)23-11-10-22(37-23)16-13-17(26(32)33)15-18(14-16)27(34)35/h3-15,24-25H,2H2,1H3,(H,30,38)(H,32,33)(H,34,35)/t24-,25+/m0/s1. The van der Waals surface area contributed by atoms with E-state index in [9.17, 15) is 19.8 Å². The van der Waals surface area contributed by atoms with Crippen LogP contribution in [0.3, 0.4) is 0 Å². The molecule has 192 valence electrons. The highest BCUT2D eigenvalue weighted by atomic mass is 32.1. The molecule has 0 radical (unpaired) electrons. The molecule has 10 heteroatoms. The first-order chi connectivity index (χ1) is 18.4. The van der Waals surface area contributed by atoms with Gasteiger partial charge in [0.1, 0.15) is 23.3 Å². The van der Waals surface area contributed by atoms with Crippen molar-refractivity contribution in [2.24, 2.45) is 0 Å². The Balaban J connectivity index is 1.58. The fourth-order valence-electron chi connectivity index (χ4n) is 4.48. The lowest BCUT2D eigenvalue weighted by Gasteiger charge is -2.26. The number of thiocarbonyl (C=S) groups is 1. The van der Waals surface area contributed by atoms with Crippen LogP contribution in [0, 0.1) is 0 Å². The van der Waals surface area contributed by atoms with Gasteiger partial charge in [0, 0.05) is 17.4 Å². The zero-order chi connectivity index (χ0) is 26.8. The summed E-state index contributed by atoms with van der Waals surface area (Å²) in [6.45, 7) is 2.47. The summed E-state index contributed by atoms with van der Waals surface area (Å²) in [5, 5.41) is 22.8. The van der Waals surface area contributed by atoms with Crippen molar-refractivity contribution in [3.63, 3.8) is 0 Å². The maximum atomic E-state index is 11.6. The number of carboxylic acid groups (broad SMARTS) is 2. The first-order valence-electron chi connectivity index (χ1n) is 11.8. The molecule has 3 N–H and O–H groups in total. The first kappa shape index (κ1) is 25.0. The summed E-state index contributed by atoms with van der Waals surface area (Å²) in [6, 6.07) is 19.7. The van der Waals surface area contributed by atoms with Gasteiger partial charge in [0.15, 0.2) is 5.11 Å². The number of aromatic carboxylic acids is 2. The summed E-state index contributed by atoms with van der Waals surface area (Å²) in [6.07, 6.45) is 1.70. The average molecular weight is 530 g/mol. The molecule has 0 amide bonds. The zero-order valence-electron chi connectivity index (χ0n) is 20.2. The highest BCUT2D eigenvalue weighted by molar-refractivity contribution is 7.80. The molecule has 38 heavy (non-hydrogen) atoms. The lowest BCUT2D eigenvalue weighted by molar-refractivity contribution is 0.0696. The number of furan rings is 1. The fourth-order valence-corrected chi connectivity index (χ4v) is 4.82. The molecular formula is C28H23N3O6S. The average Bonchev–Trinajstić information content (AvgIpc) is 3.54. The second kappa shape index (κ2) is 10.3. The van der Waals surface area contributed by atoms with Gasteiger partial charge in [-0.05, 0) is 85.9 Å². The van der Waals surface area contributed by atoms with Crippen molar-refractivity contribution in [3.05, 3.63) is 102 Å². The zero-order valence-corrected chi connectivity index (χ0v) is 21.0. The molecule has 1 fully saturated rings. The number of ether oxygens (including phenoxy) is 1. The van der Waals surface area contributed by atoms with Gasteiger partial charge in [-0.1, -0.05) is 6.07 Å². The molecule has 0 bridgehead atoms. The quantitative estimate of drug-likeness (QED) is 0.258. The molecule has 0 spiro atoms. The van der Waals surface area contributed by atoms with Crippen LogP contribution in [-0.2, 0) is 0 Å². The molecule has 0 aliphatic carbocycles.